The summed E-state index contributed by atoms with van der Waals surface area (Å²) in [5.74, 6) is -0.679. The minimum atomic E-state index is -3.62. The summed E-state index contributed by atoms with van der Waals surface area (Å²) >= 11 is 0. The van der Waals surface area contributed by atoms with E-state index in [2.05, 4.69) is 10.4 Å². The Morgan fingerprint density at radius 3 is 2.62 bits per heavy atom. The monoisotopic (exact) mass is 350 g/mol. The van der Waals surface area contributed by atoms with Gasteiger partial charge in [0.15, 0.2) is 0 Å². The number of aromatic hydroxyl groups is 1. The second-order valence-corrected chi connectivity index (χ2v) is 7.58. The molecular formula is C15H18N4O4S. The summed E-state index contributed by atoms with van der Waals surface area (Å²) in [5, 5.41) is 16.3. The molecule has 1 amide bonds. The van der Waals surface area contributed by atoms with Crippen molar-refractivity contribution >= 4 is 21.6 Å². The molecule has 3 rings (SSSR count). The molecule has 9 heteroatoms. The van der Waals surface area contributed by atoms with Crippen molar-refractivity contribution in [3.63, 3.8) is 0 Å². The van der Waals surface area contributed by atoms with Crippen LogP contribution in [0.15, 0.2) is 35.5 Å². The molecule has 1 aromatic carbocycles. The summed E-state index contributed by atoms with van der Waals surface area (Å²) in [6.07, 6.45) is 4.58. The van der Waals surface area contributed by atoms with Crippen molar-refractivity contribution in [2.75, 3.05) is 18.4 Å². The molecule has 1 aliphatic rings. The molecule has 128 valence electrons. The zero-order valence-corrected chi connectivity index (χ0v) is 14.0. The number of carbonyl (C=O) groups excluding carboxylic acids is 1. The molecule has 0 spiro atoms. The van der Waals surface area contributed by atoms with Gasteiger partial charge in [-0.3, -0.25) is 9.48 Å². The normalized spacial score (nSPS) is 15.5. The number of benzene rings is 1. The van der Waals surface area contributed by atoms with E-state index >= 15 is 0 Å². The van der Waals surface area contributed by atoms with Crippen LogP contribution in [0.4, 0.5) is 5.69 Å². The highest BCUT2D eigenvalue weighted by atomic mass is 32.2. The largest absolute Gasteiger partial charge is 0.506 e. The van der Waals surface area contributed by atoms with Gasteiger partial charge in [0.05, 0.1) is 22.3 Å². The maximum absolute atomic E-state index is 12.6. The summed E-state index contributed by atoms with van der Waals surface area (Å²) in [5.41, 5.74) is 0.355. The minimum Gasteiger partial charge on any atom is -0.506 e. The second-order valence-electron chi connectivity index (χ2n) is 5.65. The number of phenols is 1. The first-order chi connectivity index (χ1) is 11.4. The van der Waals surface area contributed by atoms with E-state index in [0.29, 0.717) is 18.7 Å². The number of nitrogens with one attached hydrogen (secondary N) is 1. The average Bonchev–Trinajstić information content (AvgIpc) is 3.20. The standard InChI is InChI=1S/C15H18N4O4S/c1-18-10-11(9-16-18)15(21)17-13-8-12(4-5-14(13)20)24(22,23)19-6-2-3-7-19/h4-5,8-10,20H,2-3,6-7H2,1H3,(H,17,21). The summed E-state index contributed by atoms with van der Waals surface area (Å²) in [6.45, 7) is 0.973. The van der Waals surface area contributed by atoms with Gasteiger partial charge in [-0.1, -0.05) is 0 Å². The minimum absolute atomic E-state index is 0.0451. The summed E-state index contributed by atoms with van der Waals surface area (Å²) in [7, 11) is -1.94. The number of anilines is 1. The van der Waals surface area contributed by atoms with Gasteiger partial charge < -0.3 is 10.4 Å². The van der Waals surface area contributed by atoms with Crippen LogP contribution >= 0.6 is 0 Å². The van der Waals surface area contributed by atoms with Gasteiger partial charge in [0, 0.05) is 26.3 Å². The Morgan fingerprint density at radius 1 is 1.29 bits per heavy atom. The molecule has 0 saturated carbocycles. The quantitative estimate of drug-likeness (QED) is 0.805. The first-order valence-electron chi connectivity index (χ1n) is 7.51. The number of nitrogens with zero attached hydrogens (tertiary/aromatic N) is 3. The SMILES string of the molecule is Cn1cc(C(=O)Nc2cc(S(=O)(=O)N3CCCC3)ccc2O)cn1. The Bertz CT molecular complexity index is 869. The third kappa shape index (κ3) is 3.13. The number of hydrogen-bond donors (Lipinski definition) is 2. The zero-order chi connectivity index (χ0) is 17.3. The predicted octanol–water partition coefficient (Wildman–Crippen LogP) is 1.16. The summed E-state index contributed by atoms with van der Waals surface area (Å²) in [4.78, 5) is 12.2. The Kier molecular flexibility index (Phi) is 4.29. The van der Waals surface area contributed by atoms with Crippen LogP contribution in [0.1, 0.15) is 23.2 Å². The van der Waals surface area contributed by atoms with Crippen LogP contribution in [0.3, 0.4) is 0 Å². The molecule has 2 aromatic rings. The van der Waals surface area contributed by atoms with Crippen molar-refractivity contribution in [1.82, 2.24) is 14.1 Å². The molecule has 0 aliphatic carbocycles. The van der Waals surface area contributed by atoms with Crippen molar-refractivity contribution < 1.29 is 18.3 Å². The zero-order valence-electron chi connectivity index (χ0n) is 13.1. The number of aromatic nitrogens is 2. The molecule has 0 atom stereocenters. The molecule has 2 heterocycles. The smallest absolute Gasteiger partial charge is 0.258 e. The number of sulfonamides is 1. The Balaban J connectivity index is 1.87. The van der Waals surface area contributed by atoms with Gasteiger partial charge in [0.25, 0.3) is 5.91 Å². The number of rotatable bonds is 4. The van der Waals surface area contributed by atoms with Crippen LogP contribution in [-0.2, 0) is 17.1 Å². The molecule has 2 N–H and O–H groups in total. The van der Waals surface area contributed by atoms with Gasteiger partial charge >= 0.3 is 0 Å². The topological polar surface area (TPSA) is 105 Å². The Labute approximate surface area is 139 Å². The van der Waals surface area contributed by atoms with Crippen LogP contribution in [0.5, 0.6) is 5.75 Å². The average molecular weight is 350 g/mol. The van der Waals surface area contributed by atoms with Crippen LogP contribution in [-0.4, -0.2) is 46.6 Å². The van der Waals surface area contributed by atoms with E-state index < -0.39 is 15.9 Å². The van der Waals surface area contributed by atoms with Gasteiger partial charge in [-0.15, -0.1) is 0 Å². The van der Waals surface area contributed by atoms with Crippen molar-refractivity contribution in [1.29, 1.82) is 0 Å². The first-order valence-corrected chi connectivity index (χ1v) is 8.95. The Hall–Kier alpha value is -2.39. The van der Waals surface area contributed by atoms with E-state index in [1.165, 1.54) is 39.6 Å². The molecule has 0 bridgehead atoms. The summed E-state index contributed by atoms with van der Waals surface area (Å²) < 4.78 is 28.0. The maximum atomic E-state index is 12.6. The molecule has 24 heavy (non-hydrogen) atoms. The van der Waals surface area contributed by atoms with Crippen LogP contribution < -0.4 is 5.32 Å². The van der Waals surface area contributed by atoms with Gasteiger partial charge in [-0.05, 0) is 31.0 Å². The molecule has 1 aliphatic heterocycles. The number of phenolic OH excluding ortho intramolecular Hbond substituents is 1. The van der Waals surface area contributed by atoms with Gasteiger partial charge in [0.2, 0.25) is 10.0 Å². The highest BCUT2D eigenvalue weighted by Gasteiger charge is 2.28. The lowest BCUT2D eigenvalue weighted by molar-refractivity contribution is 0.102. The van der Waals surface area contributed by atoms with E-state index in [0.717, 1.165) is 12.8 Å². The van der Waals surface area contributed by atoms with Crippen molar-refractivity contribution in [3.8, 4) is 5.75 Å². The maximum Gasteiger partial charge on any atom is 0.258 e. The highest BCUT2D eigenvalue weighted by Crippen LogP contribution is 2.29. The van der Waals surface area contributed by atoms with E-state index in [4.69, 9.17) is 0 Å². The van der Waals surface area contributed by atoms with E-state index in [1.54, 1.807) is 7.05 Å². The molecule has 0 radical (unpaired) electrons. The van der Waals surface area contributed by atoms with Crippen LogP contribution in [0.25, 0.3) is 0 Å². The first kappa shape index (κ1) is 16.5. The van der Waals surface area contributed by atoms with E-state index in [-0.39, 0.29) is 16.3 Å². The fraction of sp³-hybridized carbons (Fsp3) is 0.333. The van der Waals surface area contributed by atoms with E-state index in [1.807, 2.05) is 0 Å². The van der Waals surface area contributed by atoms with E-state index in [9.17, 15) is 18.3 Å². The molecule has 0 unspecified atom stereocenters. The Morgan fingerprint density at radius 2 is 2.00 bits per heavy atom. The fourth-order valence-corrected chi connectivity index (χ4v) is 4.13. The van der Waals surface area contributed by atoms with Crippen LogP contribution in [0.2, 0.25) is 0 Å². The summed E-state index contributed by atoms with van der Waals surface area (Å²) in [6, 6.07) is 3.88. The number of amides is 1. The molecule has 8 nitrogen and oxygen atoms in total. The number of aryl methyl sites for hydroxylation is 1. The van der Waals surface area contributed by atoms with Gasteiger partial charge in [-0.25, -0.2) is 8.42 Å². The van der Waals surface area contributed by atoms with Gasteiger partial charge in [-0.2, -0.15) is 9.40 Å². The molecule has 1 fully saturated rings. The lowest BCUT2D eigenvalue weighted by atomic mass is 10.2. The van der Waals surface area contributed by atoms with Crippen molar-refractivity contribution in [2.24, 2.45) is 7.05 Å². The highest BCUT2D eigenvalue weighted by molar-refractivity contribution is 7.89. The second kappa shape index (κ2) is 6.25. The predicted molar refractivity (Wildman–Crippen MR) is 87.3 cm³/mol. The lowest BCUT2D eigenvalue weighted by Crippen LogP contribution is -2.27. The third-order valence-electron chi connectivity index (χ3n) is 3.89. The number of carbonyl (C=O) groups is 1. The fourth-order valence-electron chi connectivity index (χ4n) is 2.59. The van der Waals surface area contributed by atoms with Crippen molar-refractivity contribution in [3.05, 3.63) is 36.2 Å². The van der Waals surface area contributed by atoms with Crippen LogP contribution in [0, 0.1) is 0 Å². The molecular weight excluding hydrogens is 332 g/mol. The third-order valence-corrected chi connectivity index (χ3v) is 5.78. The molecule has 1 saturated heterocycles. The van der Waals surface area contributed by atoms with Crippen molar-refractivity contribution in [2.45, 2.75) is 17.7 Å². The molecule has 1 aromatic heterocycles. The number of hydrogen-bond acceptors (Lipinski definition) is 5. The van der Waals surface area contributed by atoms with Gasteiger partial charge in [0.1, 0.15) is 5.75 Å². The lowest BCUT2D eigenvalue weighted by Gasteiger charge is -2.16.